The number of nitrogens with zero attached hydrogens (tertiary/aromatic N) is 2. The van der Waals surface area contributed by atoms with Crippen molar-refractivity contribution in [1.82, 2.24) is 9.78 Å². The normalized spacial score (nSPS) is 12.5. The Morgan fingerprint density at radius 3 is 2.38 bits per heavy atom. The Morgan fingerprint density at radius 2 is 2.00 bits per heavy atom. The predicted molar refractivity (Wildman–Crippen MR) is 55.9 cm³/mol. The molecule has 0 amide bonds. The number of aryl methyl sites for hydroxylation is 1. The molecular formula is C11H15N2O3-. The van der Waals surface area contributed by atoms with Crippen molar-refractivity contribution in [3.05, 3.63) is 17.0 Å². The molecule has 1 rings (SSSR count). The summed E-state index contributed by atoms with van der Waals surface area (Å²) >= 11 is 0. The first-order valence-electron chi connectivity index (χ1n) is 5.10. The number of Topliss-reactive ketones (excluding diaryl/α,β-unsaturated/α-hetero) is 1. The van der Waals surface area contributed by atoms with Crippen LogP contribution in [-0.2, 0) is 11.3 Å². The first kappa shape index (κ1) is 12.4. The van der Waals surface area contributed by atoms with Crippen LogP contribution in [0.15, 0.2) is 0 Å². The molecule has 0 aliphatic rings. The van der Waals surface area contributed by atoms with E-state index >= 15 is 0 Å². The Balaban J connectivity index is 3.04. The zero-order chi connectivity index (χ0) is 12.5. The zero-order valence-corrected chi connectivity index (χ0v) is 9.90. The summed E-state index contributed by atoms with van der Waals surface area (Å²) in [6, 6.07) is 0. The Kier molecular flexibility index (Phi) is 3.47. The summed E-state index contributed by atoms with van der Waals surface area (Å²) in [5.74, 6) is -1.79. The molecule has 0 N–H and O–H groups in total. The van der Waals surface area contributed by atoms with Gasteiger partial charge in [0.15, 0.2) is 5.78 Å². The SMILES string of the molecule is CC(=O)c1c(C)nn(C[C@H](C)C(=O)[O-])c1C. The summed E-state index contributed by atoms with van der Waals surface area (Å²) in [4.78, 5) is 22.0. The maximum atomic E-state index is 11.3. The molecule has 0 aromatic carbocycles. The number of carbonyl (C=O) groups excluding carboxylic acids is 2. The molecule has 0 aliphatic heterocycles. The highest BCUT2D eigenvalue weighted by Crippen LogP contribution is 2.14. The quantitative estimate of drug-likeness (QED) is 0.678. The van der Waals surface area contributed by atoms with Crippen LogP contribution >= 0.6 is 0 Å². The standard InChI is InChI=1S/C11H16N2O3/c1-6(11(15)16)5-13-8(3)10(9(4)14)7(2)12-13/h6H,5H2,1-4H3,(H,15,16)/p-1/t6-/m0/s1. The van der Waals surface area contributed by atoms with E-state index in [1.165, 1.54) is 6.92 Å². The van der Waals surface area contributed by atoms with Crippen LogP contribution in [0.25, 0.3) is 0 Å². The molecule has 5 nitrogen and oxygen atoms in total. The highest BCUT2D eigenvalue weighted by molar-refractivity contribution is 5.96. The van der Waals surface area contributed by atoms with Gasteiger partial charge in [0.1, 0.15) is 0 Å². The molecule has 1 aromatic rings. The second-order valence-electron chi connectivity index (χ2n) is 4.00. The molecule has 1 aromatic heterocycles. The first-order chi connectivity index (χ1) is 7.34. The maximum Gasteiger partial charge on any atom is 0.163 e. The maximum absolute atomic E-state index is 11.3. The number of aliphatic carboxylic acids is 1. The smallest absolute Gasteiger partial charge is 0.163 e. The Labute approximate surface area is 94.1 Å². The van der Waals surface area contributed by atoms with Gasteiger partial charge >= 0.3 is 0 Å². The minimum Gasteiger partial charge on any atom is -0.550 e. The Hall–Kier alpha value is -1.65. The lowest BCUT2D eigenvalue weighted by Crippen LogP contribution is -2.32. The molecule has 1 atom stereocenters. The highest BCUT2D eigenvalue weighted by atomic mass is 16.4. The van der Waals surface area contributed by atoms with Crippen molar-refractivity contribution in [2.45, 2.75) is 34.2 Å². The molecule has 0 unspecified atom stereocenters. The van der Waals surface area contributed by atoms with Gasteiger partial charge in [-0.1, -0.05) is 6.92 Å². The molecule has 88 valence electrons. The van der Waals surface area contributed by atoms with Crippen molar-refractivity contribution in [2.24, 2.45) is 5.92 Å². The molecule has 0 radical (unpaired) electrons. The Morgan fingerprint density at radius 1 is 1.44 bits per heavy atom. The average Bonchev–Trinajstić information content (AvgIpc) is 2.41. The van der Waals surface area contributed by atoms with Gasteiger partial charge in [0.25, 0.3) is 0 Å². The largest absolute Gasteiger partial charge is 0.550 e. The first-order valence-corrected chi connectivity index (χ1v) is 5.10. The lowest BCUT2D eigenvalue weighted by atomic mass is 10.1. The van der Waals surface area contributed by atoms with Crippen LogP contribution in [0.3, 0.4) is 0 Å². The van der Waals surface area contributed by atoms with Gasteiger partial charge in [-0.3, -0.25) is 9.48 Å². The number of aromatic nitrogens is 2. The molecule has 0 aliphatic carbocycles. The van der Waals surface area contributed by atoms with Gasteiger partial charge in [-0.05, 0) is 20.8 Å². The minimum absolute atomic E-state index is 0.0534. The van der Waals surface area contributed by atoms with Crippen molar-refractivity contribution in [2.75, 3.05) is 0 Å². The van der Waals surface area contributed by atoms with Gasteiger partial charge in [0, 0.05) is 24.1 Å². The molecule has 0 fully saturated rings. The number of carboxylic acids is 1. The van der Waals surface area contributed by atoms with Crippen LogP contribution in [-0.4, -0.2) is 21.5 Å². The third kappa shape index (κ3) is 2.29. The van der Waals surface area contributed by atoms with E-state index in [9.17, 15) is 14.7 Å². The lowest BCUT2D eigenvalue weighted by Gasteiger charge is -2.13. The molecule has 0 saturated heterocycles. The molecule has 1 heterocycles. The number of carboxylic acid groups (broad SMARTS) is 1. The van der Waals surface area contributed by atoms with E-state index in [1.807, 2.05) is 0 Å². The second-order valence-corrected chi connectivity index (χ2v) is 4.00. The molecule has 0 saturated carbocycles. The van der Waals surface area contributed by atoms with E-state index in [0.29, 0.717) is 17.0 Å². The van der Waals surface area contributed by atoms with E-state index in [1.54, 1.807) is 25.5 Å². The Bertz CT molecular complexity index is 435. The van der Waals surface area contributed by atoms with E-state index in [0.717, 1.165) is 0 Å². The van der Waals surface area contributed by atoms with Crippen molar-refractivity contribution in [1.29, 1.82) is 0 Å². The second kappa shape index (κ2) is 4.47. The number of hydrogen-bond acceptors (Lipinski definition) is 4. The fraction of sp³-hybridized carbons (Fsp3) is 0.545. The molecule has 0 bridgehead atoms. The van der Waals surface area contributed by atoms with Crippen LogP contribution in [0, 0.1) is 19.8 Å². The third-order valence-corrected chi connectivity index (χ3v) is 2.58. The summed E-state index contributed by atoms with van der Waals surface area (Å²) in [6.07, 6.45) is 0. The molecular weight excluding hydrogens is 208 g/mol. The summed E-state index contributed by atoms with van der Waals surface area (Å²) in [5.41, 5.74) is 1.92. The van der Waals surface area contributed by atoms with Crippen molar-refractivity contribution in [3.8, 4) is 0 Å². The summed E-state index contributed by atoms with van der Waals surface area (Å²) in [7, 11) is 0. The van der Waals surface area contributed by atoms with Crippen molar-refractivity contribution >= 4 is 11.8 Å². The van der Waals surface area contributed by atoms with Gasteiger partial charge in [-0.2, -0.15) is 5.10 Å². The number of ketones is 1. The van der Waals surface area contributed by atoms with Gasteiger partial charge in [-0.25, -0.2) is 0 Å². The third-order valence-electron chi connectivity index (χ3n) is 2.58. The van der Waals surface area contributed by atoms with E-state index in [2.05, 4.69) is 5.10 Å². The van der Waals surface area contributed by atoms with Crippen molar-refractivity contribution in [3.63, 3.8) is 0 Å². The van der Waals surface area contributed by atoms with Crippen LogP contribution in [0.1, 0.15) is 35.6 Å². The summed E-state index contributed by atoms with van der Waals surface area (Å²) in [6.45, 7) is 6.76. The molecule has 16 heavy (non-hydrogen) atoms. The fourth-order valence-corrected chi connectivity index (χ4v) is 1.72. The number of rotatable bonds is 4. The van der Waals surface area contributed by atoms with E-state index < -0.39 is 11.9 Å². The van der Waals surface area contributed by atoms with Gasteiger partial charge in [0.2, 0.25) is 0 Å². The topological polar surface area (TPSA) is 75.0 Å². The van der Waals surface area contributed by atoms with Crippen LogP contribution in [0.2, 0.25) is 0 Å². The van der Waals surface area contributed by atoms with Gasteiger partial charge in [0.05, 0.1) is 11.3 Å². The van der Waals surface area contributed by atoms with E-state index in [-0.39, 0.29) is 12.3 Å². The zero-order valence-electron chi connectivity index (χ0n) is 9.90. The predicted octanol–water partition coefficient (Wildman–Crippen LogP) is 0.0885. The van der Waals surface area contributed by atoms with Crippen molar-refractivity contribution < 1.29 is 14.7 Å². The summed E-state index contributed by atoms with van der Waals surface area (Å²) in [5, 5.41) is 14.8. The highest BCUT2D eigenvalue weighted by Gasteiger charge is 2.16. The average molecular weight is 223 g/mol. The summed E-state index contributed by atoms with van der Waals surface area (Å²) < 4.78 is 1.55. The van der Waals surface area contributed by atoms with Crippen LogP contribution in [0.4, 0.5) is 0 Å². The number of carbonyl (C=O) groups is 2. The van der Waals surface area contributed by atoms with Crippen LogP contribution in [0.5, 0.6) is 0 Å². The van der Waals surface area contributed by atoms with Crippen LogP contribution < -0.4 is 5.11 Å². The monoisotopic (exact) mass is 223 g/mol. The molecule has 0 spiro atoms. The minimum atomic E-state index is -1.11. The fourth-order valence-electron chi connectivity index (χ4n) is 1.72. The molecule has 5 heteroatoms. The van der Waals surface area contributed by atoms with E-state index in [4.69, 9.17) is 0 Å². The lowest BCUT2D eigenvalue weighted by molar-refractivity contribution is -0.311. The number of hydrogen-bond donors (Lipinski definition) is 0. The van der Waals surface area contributed by atoms with Gasteiger partial charge in [-0.15, -0.1) is 0 Å². The van der Waals surface area contributed by atoms with Gasteiger partial charge < -0.3 is 9.90 Å².